The molecule has 1 rings (SSSR count). The standard InChI is InChI=1S/C13H26N4/c1-4-7-17(9-8-16(2)3)11-13(15,10-14)12-5-6-12/h12H,4-9,11,15H2,1-3H3. The summed E-state index contributed by atoms with van der Waals surface area (Å²) in [6.45, 7) is 5.93. The van der Waals surface area contributed by atoms with Gasteiger partial charge in [-0.2, -0.15) is 5.26 Å². The van der Waals surface area contributed by atoms with Gasteiger partial charge < -0.3 is 10.6 Å². The molecule has 98 valence electrons. The van der Waals surface area contributed by atoms with Gasteiger partial charge in [0, 0.05) is 19.6 Å². The second kappa shape index (κ2) is 6.34. The summed E-state index contributed by atoms with van der Waals surface area (Å²) in [5.74, 6) is 0.422. The van der Waals surface area contributed by atoms with Crippen molar-refractivity contribution in [2.24, 2.45) is 11.7 Å². The molecule has 17 heavy (non-hydrogen) atoms. The van der Waals surface area contributed by atoms with Crippen LogP contribution in [0.5, 0.6) is 0 Å². The van der Waals surface area contributed by atoms with Gasteiger partial charge in [-0.3, -0.25) is 4.90 Å². The van der Waals surface area contributed by atoms with Crippen molar-refractivity contribution in [1.82, 2.24) is 9.80 Å². The highest BCUT2D eigenvalue weighted by Crippen LogP contribution is 2.38. The average molecular weight is 238 g/mol. The number of nitrogens with two attached hydrogens (primary N) is 1. The summed E-state index contributed by atoms with van der Waals surface area (Å²) in [4.78, 5) is 4.51. The molecule has 1 saturated carbocycles. The highest BCUT2D eigenvalue weighted by Gasteiger charge is 2.43. The van der Waals surface area contributed by atoms with Gasteiger partial charge in [0.05, 0.1) is 6.07 Å². The third kappa shape index (κ3) is 4.63. The Labute approximate surface area is 105 Å². The van der Waals surface area contributed by atoms with E-state index in [-0.39, 0.29) is 0 Å². The maximum Gasteiger partial charge on any atom is 0.119 e. The third-order valence-electron chi connectivity index (χ3n) is 3.40. The first-order valence-electron chi connectivity index (χ1n) is 6.59. The molecular formula is C13H26N4. The normalized spacial score (nSPS) is 19.4. The molecule has 0 aliphatic heterocycles. The molecule has 0 spiro atoms. The summed E-state index contributed by atoms with van der Waals surface area (Å²) in [6.07, 6.45) is 3.36. The molecule has 2 N–H and O–H groups in total. The van der Waals surface area contributed by atoms with Gasteiger partial charge in [-0.05, 0) is 45.8 Å². The first kappa shape index (κ1) is 14.4. The Kier molecular flexibility index (Phi) is 5.38. The van der Waals surface area contributed by atoms with Gasteiger partial charge in [0.15, 0.2) is 0 Å². The van der Waals surface area contributed by atoms with Crippen LogP contribution in [0.4, 0.5) is 0 Å². The molecule has 0 aromatic heterocycles. The average Bonchev–Trinajstić information content (AvgIpc) is 3.10. The van der Waals surface area contributed by atoms with E-state index in [0.717, 1.165) is 45.4 Å². The first-order valence-corrected chi connectivity index (χ1v) is 6.59. The van der Waals surface area contributed by atoms with E-state index in [2.05, 4.69) is 36.9 Å². The molecule has 1 aliphatic rings. The molecule has 0 amide bonds. The van der Waals surface area contributed by atoms with Crippen molar-refractivity contribution in [2.45, 2.75) is 31.7 Å². The Morgan fingerprint density at radius 1 is 1.29 bits per heavy atom. The first-order chi connectivity index (χ1) is 8.01. The van der Waals surface area contributed by atoms with Crippen molar-refractivity contribution in [3.05, 3.63) is 0 Å². The van der Waals surface area contributed by atoms with Crippen molar-refractivity contribution in [1.29, 1.82) is 5.26 Å². The zero-order valence-electron chi connectivity index (χ0n) is 11.4. The second-order valence-corrected chi connectivity index (χ2v) is 5.51. The largest absolute Gasteiger partial charge is 0.312 e. The molecule has 4 nitrogen and oxygen atoms in total. The molecule has 1 unspecified atom stereocenters. The van der Waals surface area contributed by atoms with Gasteiger partial charge in [0.2, 0.25) is 0 Å². The van der Waals surface area contributed by atoms with E-state index in [9.17, 15) is 5.26 Å². The minimum absolute atomic E-state index is 0.422. The molecule has 4 heteroatoms. The van der Waals surface area contributed by atoms with Gasteiger partial charge in [0.1, 0.15) is 5.54 Å². The van der Waals surface area contributed by atoms with Crippen LogP contribution in [0.1, 0.15) is 26.2 Å². The maximum absolute atomic E-state index is 9.28. The Morgan fingerprint density at radius 3 is 2.35 bits per heavy atom. The fourth-order valence-corrected chi connectivity index (χ4v) is 2.15. The van der Waals surface area contributed by atoms with E-state index in [4.69, 9.17) is 5.73 Å². The molecule has 0 bridgehead atoms. The van der Waals surface area contributed by atoms with Gasteiger partial charge in [-0.25, -0.2) is 0 Å². The lowest BCUT2D eigenvalue weighted by Gasteiger charge is -2.31. The molecule has 0 heterocycles. The lowest BCUT2D eigenvalue weighted by molar-refractivity contribution is 0.202. The van der Waals surface area contributed by atoms with E-state index >= 15 is 0 Å². The molecule has 1 fully saturated rings. The predicted octanol–water partition coefficient (Wildman–Crippen LogP) is 0.891. The quantitative estimate of drug-likeness (QED) is 0.682. The van der Waals surface area contributed by atoms with Crippen LogP contribution in [0, 0.1) is 17.2 Å². The Hall–Kier alpha value is -0.630. The monoisotopic (exact) mass is 238 g/mol. The van der Waals surface area contributed by atoms with Crippen molar-refractivity contribution in [3.63, 3.8) is 0 Å². The van der Waals surface area contributed by atoms with E-state index < -0.39 is 5.54 Å². The van der Waals surface area contributed by atoms with E-state index in [0.29, 0.717) is 5.92 Å². The lowest BCUT2D eigenvalue weighted by atomic mass is 9.95. The maximum atomic E-state index is 9.28. The van der Waals surface area contributed by atoms with Crippen LogP contribution in [0.15, 0.2) is 0 Å². The van der Waals surface area contributed by atoms with Crippen molar-refractivity contribution < 1.29 is 0 Å². The zero-order valence-corrected chi connectivity index (χ0v) is 11.4. The molecule has 1 atom stereocenters. The summed E-state index contributed by atoms with van der Waals surface area (Å²) in [5, 5.41) is 9.28. The summed E-state index contributed by atoms with van der Waals surface area (Å²) < 4.78 is 0. The molecule has 0 saturated heterocycles. The summed E-state index contributed by atoms with van der Waals surface area (Å²) in [5.41, 5.74) is 5.60. The Morgan fingerprint density at radius 2 is 1.94 bits per heavy atom. The van der Waals surface area contributed by atoms with Crippen LogP contribution >= 0.6 is 0 Å². The fraction of sp³-hybridized carbons (Fsp3) is 0.923. The third-order valence-corrected chi connectivity index (χ3v) is 3.40. The predicted molar refractivity (Wildman–Crippen MR) is 70.5 cm³/mol. The highest BCUT2D eigenvalue weighted by atomic mass is 15.2. The fourth-order valence-electron chi connectivity index (χ4n) is 2.15. The second-order valence-electron chi connectivity index (χ2n) is 5.51. The number of likely N-dealkylation sites (N-methyl/N-ethyl adjacent to an activating group) is 1. The highest BCUT2D eigenvalue weighted by molar-refractivity contribution is 5.14. The lowest BCUT2D eigenvalue weighted by Crippen LogP contribution is -2.52. The van der Waals surface area contributed by atoms with Crippen molar-refractivity contribution in [3.8, 4) is 6.07 Å². The minimum atomic E-state index is -0.624. The van der Waals surface area contributed by atoms with E-state index in [1.807, 2.05) is 0 Å². The number of hydrogen-bond acceptors (Lipinski definition) is 4. The molecule has 0 radical (unpaired) electrons. The SMILES string of the molecule is CCCN(CCN(C)C)CC(N)(C#N)C1CC1. The van der Waals surface area contributed by atoms with Crippen molar-refractivity contribution in [2.75, 3.05) is 40.3 Å². The molecule has 1 aliphatic carbocycles. The van der Waals surface area contributed by atoms with Gasteiger partial charge in [0.25, 0.3) is 0 Å². The molecule has 0 aromatic rings. The smallest absolute Gasteiger partial charge is 0.119 e. The number of nitriles is 1. The van der Waals surface area contributed by atoms with E-state index in [1.54, 1.807) is 0 Å². The van der Waals surface area contributed by atoms with Gasteiger partial charge in [-0.15, -0.1) is 0 Å². The van der Waals surface area contributed by atoms with Gasteiger partial charge in [-0.1, -0.05) is 6.92 Å². The Bertz CT molecular complexity index is 267. The van der Waals surface area contributed by atoms with Crippen LogP contribution in [0.3, 0.4) is 0 Å². The number of rotatable bonds is 8. The van der Waals surface area contributed by atoms with Crippen LogP contribution < -0.4 is 5.73 Å². The van der Waals surface area contributed by atoms with Gasteiger partial charge >= 0.3 is 0 Å². The molecular weight excluding hydrogens is 212 g/mol. The summed E-state index contributed by atoms with van der Waals surface area (Å²) >= 11 is 0. The topological polar surface area (TPSA) is 56.3 Å². The van der Waals surface area contributed by atoms with Crippen LogP contribution in [0.2, 0.25) is 0 Å². The molecule has 0 aromatic carbocycles. The van der Waals surface area contributed by atoms with Crippen molar-refractivity contribution >= 4 is 0 Å². The Balaban J connectivity index is 2.49. The summed E-state index contributed by atoms with van der Waals surface area (Å²) in [6, 6.07) is 2.34. The number of hydrogen-bond donors (Lipinski definition) is 1. The zero-order chi connectivity index (χ0) is 12.9. The van der Waals surface area contributed by atoms with Crippen LogP contribution in [-0.4, -0.2) is 55.6 Å². The van der Waals surface area contributed by atoms with Crippen LogP contribution in [0.25, 0.3) is 0 Å². The van der Waals surface area contributed by atoms with E-state index in [1.165, 1.54) is 0 Å². The van der Waals surface area contributed by atoms with Crippen LogP contribution in [-0.2, 0) is 0 Å². The summed E-state index contributed by atoms with van der Waals surface area (Å²) in [7, 11) is 4.15. The number of nitrogens with zero attached hydrogens (tertiary/aromatic N) is 3. The minimum Gasteiger partial charge on any atom is -0.312 e.